The summed E-state index contributed by atoms with van der Waals surface area (Å²) in [6.07, 6.45) is 1.76. The maximum atomic E-state index is 14.1. The second kappa shape index (κ2) is 10.3. The van der Waals surface area contributed by atoms with E-state index in [1.807, 2.05) is 65.8 Å². The first-order valence-electron chi connectivity index (χ1n) is 12.2. The van der Waals surface area contributed by atoms with Gasteiger partial charge in [-0.25, -0.2) is 4.39 Å². The Morgan fingerprint density at radius 2 is 1.89 bits per heavy atom. The van der Waals surface area contributed by atoms with Crippen molar-refractivity contribution in [1.82, 2.24) is 14.9 Å². The summed E-state index contributed by atoms with van der Waals surface area (Å²) >= 11 is 5.87. The molecule has 0 spiro atoms. The fraction of sp³-hybridized carbons (Fsp3) is 0.207. The van der Waals surface area contributed by atoms with Crippen LogP contribution >= 0.6 is 12.2 Å². The molecule has 9 heteroatoms. The highest BCUT2D eigenvalue weighted by atomic mass is 32.1. The van der Waals surface area contributed by atoms with Crippen LogP contribution in [-0.4, -0.2) is 27.7 Å². The second-order valence-electron chi connectivity index (χ2n) is 9.20. The molecule has 5 rings (SSSR count). The van der Waals surface area contributed by atoms with E-state index in [9.17, 15) is 9.18 Å². The Hall–Kier alpha value is -4.24. The Morgan fingerprint density at radius 1 is 1.08 bits per heavy atom. The van der Waals surface area contributed by atoms with E-state index >= 15 is 0 Å². The summed E-state index contributed by atoms with van der Waals surface area (Å²) in [5.41, 5.74) is 5.87. The zero-order valence-corrected chi connectivity index (χ0v) is 22.3. The average Bonchev–Trinajstić information content (AvgIpc) is 3.39. The van der Waals surface area contributed by atoms with Gasteiger partial charge >= 0.3 is 0 Å². The van der Waals surface area contributed by atoms with Gasteiger partial charge in [-0.05, 0) is 86.2 Å². The molecule has 2 atom stereocenters. The summed E-state index contributed by atoms with van der Waals surface area (Å²) < 4.78 is 21.6. The van der Waals surface area contributed by atoms with Gasteiger partial charge in [-0.3, -0.25) is 9.78 Å². The highest BCUT2D eigenvalue weighted by Gasteiger charge is 2.42. The van der Waals surface area contributed by atoms with Crippen LogP contribution in [-0.2, 0) is 4.79 Å². The van der Waals surface area contributed by atoms with Gasteiger partial charge in [0.25, 0.3) is 0 Å². The minimum Gasteiger partial charge on any atom is -0.495 e. The Kier molecular flexibility index (Phi) is 6.86. The third kappa shape index (κ3) is 4.61. The molecule has 1 amide bonds. The molecule has 1 fully saturated rings. The lowest BCUT2D eigenvalue weighted by Gasteiger charge is -2.29. The van der Waals surface area contributed by atoms with Crippen LogP contribution in [0, 0.1) is 19.7 Å². The van der Waals surface area contributed by atoms with E-state index in [0.717, 1.165) is 34.0 Å². The van der Waals surface area contributed by atoms with E-state index in [1.165, 1.54) is 19.1 Å². The lowest BCUT2D eigenvalue weighted by Crippen LogP contribution is -2.29. The molecule has 2 unspecified atom stereocenters. The topological polar surface area (TPSA) is 71.4 Å². The predicted molar refractivity (Wildman–Crippen MR) is 150 cm³/mol. The van der Waals surface area contributed by atoms with E-state index in [1.54, 1.807) is 19.4 Å². The fourth-order valence-corrected chi connectivity index (χ4v) is 5.53. The molecule has 1 aliphatic rings. The number of amides is 1. The number of benzene rings is 2. The van der Waals surface area contributed by atoms with Gasteiger partial charge in [0.05, 0.1) is 30.6 Å². The maximum absolute atomic E-state index is 14.1. The van der Waals surface area contributed by atoms with Crippen LogP contribution in [0.15, 0.2) is 72.9 Å². The van der Waals surface area contributed by atoms with Gasteiger partial charge < -0.3 is 24.8 Å². The highest BCUT2D eigenvalue weighted by Crippen LogP contribution is 2.45. The molecule has 2 N–H and O–H groups in total. The van der Waals surface area contributed by atoms with Crippen molar-refractivity contribution in [3.8, 4) is 11.4 Å². The molecule has 0 bridgehead atoms. The monoisotopic (exact) mass is 529 g/mol. The molecule has 4 aromatic rings. The van der Waals surface area contributed by atoms with Crippen LogP contribution in [0.25, 0.3) is 5.69 Å². The average molecular weight is 530 g/mol. The van der Waals surface area contributed by atoms with Crippen molar-refractivity contribution in [2.45, 2.75) is 32.9 Å². The number of carbonyl (C=O) groups excluding carboxylic acids is 1. The van der Waals surface area contributed by atoms with Gasteiger partial charge in [0.2, 0.25) is 5.91 Å². The Balaban J connectivity index is 1.68. The SMILES string of the molecule is COc1ccc(N2C(=S)NC(c3ccccn3)C2c2cc(C)n(-c3cccc(F)c3)c2C)cc1NC(C)=O. The van der Waals surface area contributed by atoms with Crippen LogP contribution < -0.4 is 20.3 Å². The molecule has 0 radical (unpaired) electrons. The van der Waals surface area contributed by atoms with Crippen molar-refractivity contribution in [1.29, 1.82) is 0 Å². The largest absolute Gasteiger partial charge is 0.495 e. The summed E-state index contributed by atoms with van der Waals surface area (Å²) in [4.78, 5) is 18.6. The first-order chi connectivity index (χ1) is 18.3. The number of nitrogens with one attached hydrogen (secondary N) is 2. The number of aryl methyl sites for hydroxylation is 1. The third-order valence-electron chi connectivity index (χ3n) is 6.73. The van der Waals surface area contributed by atoms with Crippen LogP contribution in [0.3, 0.4) is 0 Å². The first kappa shape index (κ1) is 25.4. The minimum atomic E-state index is -0.294. The predicted octanol–water partition coefficient (Wildman–Crippen LogP) is 5.77. The number of ether oxygens (including phenoxy) is 1. The van der Waals surface area contributed by atoms with E-state index in [0.29, 0.717) is 16.5 Å². The number of pyridine rings is 1. The Morgan fingerprint density at radius 3 is 2.58 bits per heavy atom. The summed E-state index contributed by atoms with van der Waals surface area (Å²) in [6.45, 7) is 5.48. The zero-order chi connectivity index (χ0) is 27.0. The van der Waals surface area contributed by atoms with Gasteiger partial charge in [0.15, 0.2) is 5.11 Å². The lowest BCUT2D eigenvalue weighted by molar-refractivity contribution is -0.114. The molecule has 2 aromatic carbocycles. The van der Waals surface area contributed by atoms with E-state index in [2.05, 4.69) is 21.7 Å². The number of carbonyl (C=O) groups is 1. The molecule has 38 heavy (non-hydrogen) atoms. The van der Waals surface area contributed by atoms with Crippen molar-refractivity contribution in [2.24, 2.45) is 0 Å². The number of aromatic nitrogens is 2. The van der Waals surface area contributed by atoms with Gasteiger partial charge in [-0.2, -0.15) is 0 Å². The second-order valence-corrected chi connectivity index (χ2v) is 9.59. The molecule has 194 valence electrons. The van der Waals surface area contributed by atoms with E-state index in [-0.39, 0.29) is 23.8 Å². The van der Waals surface area contributed by atoms with Crippen molar-refractivity contribution >= 4 is 34.6 Å². The van der Waals surface area contributed by atoms with E-state index < -0.39 is 0 Å². The van der Waals surface area contributed by atoms with Gasteiger partial charge in [-0.1, -0.05) is 12.1 Å². The molecule has 7 nitrogen and oxygen atoms in total. The number of rotatable bonds is 6. The molecule has 3 heterocycles. The number of anilines is 2. The van der Waals surface area contributed by atoms with Crippen molar-refractivity contribution in [3.63, 3.8) is 0 Å². The number of nitrogens with zero attached hydrogens (tertiary/aromatic N) is 3. The molecule has 0 saturated carbocycles. The van der Waals surface area contributed by atoms with Crippen LogP contribution in [0.1, 0.15) is 41.7 Å². The van der Waals surface area contributed by atoms with Crippen LogP contribution in [0.4, 0.5) is 15.8 Å². The summed E-state index contributed by atoms with van der Waals surface area (Å²) in [6, 6.07) is 19.5. The zero-order valence-electron chi connectivity index (χ0n) is 21.5. The standard InChI is InChI=1S/C29H28FN5O2S/c1-17-14-23(18(2)34(17)21-9-7-8-20(30)15-21)28-27(24-10-5-6-13-31-24)33-29(38)35(28)22-11-12-26(37-4)25(16-22)32-19(3)36/h5-16,27-28H,1-4H3,(H,32,36)(H,33,38). The highest BCUT2D eigenvalue weighted by molar-refractivity contribution is 7.80. The van der Waals surface area contributed by atoms with Gasteiger partial charge in [-0.15, -0.1) is 0 Å². The fourth-order valence-electron chi connectivity index (χ4n) is 5.18. The Labute approximate surface area is 226 Å². The molecular weight excluding hydrogens is 501 g/mol. The van der Waals surface area contributed by atoms with Crippen LogP contribution in [0.5, 0.6) is 5.75 Å². The van der Waals surface area contributed by atoms with Crippen LogP contribution in [0.2, 0.25) is 0 Å². The minimum absolute atomic E-state index is 0.205. The van der Waals surface area contributed by atoms with Crippen molar-refractivity contribution < 1.29 is 13.9 Å². The third-order valence-corrected chi connectivity index (χ3v) is 7.04. The number of halogens is 1. The number of hydrogen-bond acceptors (Lipinski definition) is 4. The maximum Gasteiger partial charge on any atom is 0.221 e. The van der Waals surface area contributed by atoms with Crippen molar-refractivity contribution in [3.05, 3.63) is 101 Å². The molecular formula is C29H28FN5O2S. The number of thiocarbonyl (C=S) groups is 1. The summed E-state index contributed by atoms with van der Waals surface area (Å²) in [5, 5.41) is 6.84. The van der Waals surface area contributed by atoms with E-state index in [4.69, 9.17) is 17.0 Å². The number of methoxy groups -OCH3 is 1. The molecule has 0 aliphatic carbocycles. The van der Waals surface area contributed by atoms with Gasteiger partial charge in [0, 0.05) is 35.9 Å². The normalized spacial score (nSPS) is 16.9. The number of hydrogen-bond donors (Lipinski definition) is 2. The first-order valence-corrected chi connectivity index (χ1v) is 12.6. The quantitative estimate of drug-likeness (QED) is 0.309. The van der Waals surface area contributed by atoms with Crippen molar-refractivity contribution in [2.75, 3.05) is 17.3 Å². The molecule has 2 aromatic heterocycles. The summed E-state index contributed by atoms with van der Waals surface area (Å²) in [7, 11) is 1.56. The molecule has 1 saturated heterocycles. The summed E-state index contributed by atoms with van der Waals surface area (Å²) in [5.74, 6) is 0.0465. The Bertz CT molecular complexity index is 1520. The van der Waals surface area contributed by atoms with Gasteiger partial charge in [0.1, 0.15) is 11.6 Å². The molecule has 1 aliphatic heterocycles. The lowest BCUT2D eigenvalue weighted by atomic mass is 9.96. The smallest absolute Gasteiger partial charge is 0.221 e.